The Morgan fingerprint density at radius 2 is 2.19 bits per heavy atom. The third kappa shape index (κ3) is 2.95. The van der Waals surface area contributed by atoms with Crippen molar-refractivity contribution in [2.45, 2.75) is 26.3 Å². The molecule has 2 heterocycles. The first-order valence-electron chi connectivity index (χ1n) is 7.75. The van der Waals surface area contributed by atoms with E-state index in [4.69, 9.17) is 5.73 Å². The van der Waals surface area contributed by atoms with Crippen LogP contribution in [0.5, 0.6) is 0 Å². The van der Waals surface area contributed by atoms with Crippen molar-refractivity contribution in [2.24, 2.45) is 5.92 Å². The predicted molar refractivity (Wildman–Crippen MR) is 89.5 cm³/mol. The summed E-state index contributed by atoms with van der Waals surface area (Å²) in [6.07, 6.45) is 4.96. The van der Waals surface area contributed by atoms with E-state index in [0.29, 0.717) is 6.04 Å². The van der Waals surface area contributed by atoms with Gasteiger partial charge in [0.15, 0.2) is 0 Å². The van der Waals surface area contributed by atoms with Crippen molar-refractivity contribution in [3.05, 3.63) is 30.6 Å². The highest BCUT2D eigenvalue weighted by Crippen LogP contribution is 2.28. The molecule has 112 valence electrons. The molecule has 3 rings (SSSR count). The van der Waals surface area contributed by atoms with Crippen molar-refractivity contribution in [3.8, 4) is 0 Å². The molecule has 4 nitrogen and oxygen atoms in total. The highest BCUT2D eigenvalue weighted by Gasteiger charge is 2.23. The summed E-state index contributed by atoms with van der Waals surface area (Å²) >= 11 is 0. The van der Waals surface area contributed by atoms with E-state index in [1.165, 1.54) is 19.5 Å². The van der Waals surface area contributed by atoms with Gasteiger partial charge in [0.25, 0.3) is 0 Å². The lowest BCUT2D eigenvalue weighted by Gasteiger charge is -2.20. The van der Waals surface area contributed by atoms with Gasteiger partial charge in [-0.05, 0) is 50.9 Å². The van der Waals surface area contributed by atoms with Crippen molar-refractivity contribution >= 4 is 22.1 Å². The van der Waals surface area contributed by atoms with Crippen LogP contribution >= 0.6 is 0 Å². The first-order chi connectivity index (χ1) is 10.1. The fourth-order valence-corrected chi connectivity index (χ4v) is 3.12. The Kier molecular flexibility index (Phi) is 3.97. The Bertz CT molecular complexity index is 623. The molecule has 1 saturated heterocycles. The van der Waals surface area contributed by atoms with Crippen LogP contribution in [0.3, 0.4) is 0 Å². The summed E-state index contributed by atoms with van der Waals surface area (Å²) in [4.78, 5) is 6.78. The zero-order valence-electron chi connectivity index (χ0n) is 12.8. The quantitative estimate of drug-likeness (QED) is 0.848. The number of aromatic nitrogens is 1. The molecule has 0 amide bonds. The third-order valence-corrected chi connectivity index (χ3v) is 4.48. The van der Waals surface area contributed by atoms with Crippen LogP contribution in [0.4, 0.5) is 11.4 Å². The van der Waals surface area contributed by atoms with Crippen LogP contribution < -0.4 is 11.1 Å². The molecule has 1 aliphatic heterocycles. The Balaban J connectivity index is 1.70. The number of nitrogens with two attached hydrogens (primary N) is 1. The van der Waals surface area contributed by atoms with Gasteiger partial charge in [-0.25, -0.2) is 0 Å². The second-order valence-electron chi connectivity index (χ2n) is 6.25. The van der Waals surface area contributed by atoms with Crippen LogP contribution in [-0.4, -0.2) is 35.6 Å². The summed E-state index contributed by atoms with van der Waals surface area (Å²) in [6.45, 7) is 7.96. The van der Waals surface area contributed by atoms with E-state index in [2.05, 4.69) is 35.1 Å². The average Bonchev–Trinajstić information content (AvgIpc) is 2.96. The van der Waals surface area contributed by atoms with E-state index >= 15 is 0 Å². The third-order valence-electron chi connectivity index (χ3n) is 4.48. The van der Waals surface area contributed by atoms with Gasteiger partial charge in [-0.3, -0.25) is 4.98 Å². The van der Waals surface area contributed by atoms with Crippen molar-refractivity contribution in [3.63, 3.8) is 0 Å². The lowest BCUT2D eigenvalue weighted by Crippen LogP contribution is -2.29. The number of nitrogen functional groups attached to an aromatic ring is 1. The Morgan fingerprint density at radius 1 is 1.33 bits per heavy atom. The zero-order valence-corrected chi connectivity index (χ0v) is 12.8. The van der Waals surface area contributed by atoms with Gasteiger partial charge >= 0.3 is 0 Å². The minimum atomic E-state index is 0.650. The van der Waals surface area contributed by atoms with Gasteiger partial charge in [0, 0.05) is 53.7 Å². The molecule has 0 aliphatic carbocycles. The molecule has 1 aromatic heterocycles. The lowest BCUT2D eigenvalue weighted by atomic mass is 10.1. The molecule has 0 spiro atoms. The number of hydrogen-bond donors (Lipinski definition) is 2. The van der Waals surface area contributed by atoms with E-state index < -0.39 is 0 Å². The molecular weight excluding hydrogens is 260 g/mol. The van der Waals surface area contributed by atoms with Crippen molar-refractivity contribution in [1.82, 2.24) is 9.88 Å². The zero-order chi connectivity index (χ0) is 14.8. The number of rotatable bonds is 4. The SMILES string of the molecule is CC(C)N1CCC(CNc2ccc(N)c3ccncc23)C1. The lowest BCUT2D eigenvalue weighted by molar-refractivity contribution is 0.266. The first kappa shape index (κ1) is 14.1. The molecule has 1 atom stereocenters. The van der Waals surface area contributed by atoms with Crippen LogP contribution in [-0.2, 0) is 0 Å². The minimum absolute atomic E-state index is 0.650. The number of anilines is 2. The molecule has 0 radical (unpaired) electrons. The fraction of sp³-hybridized carbons (Fsp3) is 0.471. The number of likely N-dealkylation sites (tertiary alicyclic amines) is 1. The van der Waals surface area contributed by atoms with Crippen LogP contribution in [0, 0.1) is 5.92 Å². The number of nitrogens with one attached hydrogen (secondary N) is 1. The molecule has 1 aliphatic rings. The summed E-state index contributed by atoms with van der Waals surface area (Å²) in [6, 6.07) is 6.66. The molecular formula is C17H24N4. The number of fused-ring (bicyclic) bond motifs is 1. The molecule has 2 aromatic rings. The smallest absolute Gasteiger partial charge is 0.0437 e. The maximum Gasteiger partial charge on any atom is 0.0437 e. The molecule has 4 heteroatoms. The van der Waals surface area contributed by atoms with Crippen LogP contribution in [0.2, 0.25) is 0 Å². The molecule has 1 unspecified atom stereocenters. The largest absolute Gasteiger partial charge is 0.398 e. The summed E-state index contributed by atoms with van der Waals surface area (Å²) in [7, 11) is 0. The molecule has 0 bridgehead atoms. The van der Waals surface area contributed by atoms with Gasteiger partial charge in [0.2, 0.25) is 0 Å². The van der Waals surface area contributed by atoms with Gasteiger partial charge in [-0.15, -0.1) is 0 Å². The van der Waals surface area contributed by atoms with E-state index in [1.807, 2.05) is 18.3 Å². The maximum absolute atomic E-state index is 6.03. The predicted octanol–water partition coefficient (Wildman–Crippen LogP) is 2.96. The van der Waals surface area contributed by atoms with Crippen molar-refractivity contribution < 1.29 is 0 Å². The van der Waals surface area contributed by atoms with Crippen LogP contribution in [0.25, 0.3) is 10.8 Å². The highest BCUT2D eigenvalue weighted by atomic mass is 15.2. The second kappa shape index (κ2) is 5.90. The fourth-order valence-electron chi connectivity index (χ4n) is 3.12. The van der Waals surface area contributed by atoms with Gasteiger partial charge in [0.05, 0.1) is 0 Å². The standard InChI is InChI=1S/C17H24N4/c1-12(2)21-8-6-13(11-21)9-20-17-4-3-16(18)14-5-7-19-10-15(14)17/h3-5,7,10,12-13,20H,6,8-9,11,18H2,1-2H3. The summed E-state index contributed by atoms with van der Waals surface area (Å²) in [5, 5.41) is 5.78. The molecule has 0 saturated carbocycles. The van der Waals surface area contributed by atoms with E-state index in [1.54, 1.807) is 6.20 Å². The van der Waals surface area contributed by atoms with Crippen molar-refractivity contribution in [1.29, 1.82) is 0 Å². The monoisotopic (exact) mass is 284 g/mol. The Morgan fingerprint density at radius 3 is 2.95 bits per heavy atom. The second-order valence-corrected chi connectivity index (χ2v) is 6.25. The van der Waals surface area contributed by atoms with Crippen molar-refractivity contribution in [2.75, 3.05) is 30.7 Å². The molecule has 3 N–H and O–H groups in total. The Labute approximate surface area is 126 Å². The summed E-state index contributed by atoms with van der Waals surface area (Å²) < 4.78 is 0. The number of nitrogens with zero attached hydrogens (tertiary/aromatic N) is 2. The molecule has 1 fully saturated rings. The number of pyridine rings is 1. The van der Waals surface area contributed by atoms with Gasteiger partial charge in [0.1, 0.15) is 0 Å². The number of benzene rings is 1. The molecule has 1 aromatic carbocycles. The summed E-state index contributed by atoms with van der Waals surface area (Å²) in [5.41, 5.74) is 7.98. The minimum Gasteiger partial charge on any atom is -0.398 e. The van der Waals surface area contributed by atoms with E-state index in [-0.39, 0.29) is 0 Å². The highest BCUT2D eigenvalue weighted by molar-refractivity contribution is 6.00. The average molecular weight is 284 g/mol. The van der Waals surface area contributed by atoms with Gasteiger partial charge in [-0.1, -0.05) is 0 Å². The first-order valence-corrected chi connectivity index (χ1v) is 7.75. The Hall–Kier alpha value is -1.81. The van der Waals surface area contributed by atoms with Crippen LogP contribution in [0.1, 0.15) is 20.3 Å². The topological polar surface area (TPSA) is 54.2 Å². The van der Waals surface area contributed by atoms with Gasteiger partial charge < -0.3 is 16.0 Å². The van der Waals surface area contributed by atoms with E-state index in [9.17, 15) is 0 Å². The van der Waals surface area contributed by atoms with Gasteiger partial charge in [-0.2, -0.15) is 0 Å². The maximum atomic E-state index is 6.03. The van der Waals surface area contributed by atoms with E-state index in [0.717, 1.165) is 34.6 Å². The van der Waals surface area contributed by atoms with Crippen LogP contribution in [0.15, 0.2) is 30.6 Å². The normalized spacial score (nSPS) is 19.5. The number of hydrogen-bond acceptors (Lipinski definition) is 4. The summed E-state index contributed by atoms with van der Waals surface area (Å²) in [5.74, 6) is 0.719. The molecule has 21 heavy (non-hydrogen) atoms.